The molecule has 0 heterocycles. The maximum atomic E-state index is 5.67. The van der Waals surface area contributed by atoms with Crippen LogP contribution in [0.5, 0.6) is 11.5 Å². The van der Waals surface area contributed by atoms with Gasteiger partial charge in [0.05, 0.1) is 12.7 Å². The van der Waals surface area contributed by atoms with Crippen molar-refractivity contribution in [1.29, 1.82) is 0 Å². The third-order valence-corrected chi connectivity index (χ3v) is 2.28. The molecule has 0 N–H and O–H groups in total. The number of rotatable bonds is 6. The molecule has 0 unspecified atom stereocenters. The molecule has 0 aliphatic carbocycles. The molecule has 1 rings (SSSR count). The van der Waals surface area contributed by atoms with E-state index in [0.717, 1.165) is 36.5 Å². The van der Waals surface area contributed by atoms with E-state index in [4.69, 9.17) is 9.47 Å². The Morgan fingerprint density at radius 1 is 1.25 bits per heavy atom. The van der Waals surface area contributed by atoms with Gasteiger partial charge in [-0.05, 0) is 51.0 Å². The smallest absolute Gasteiger partial charge is 0.122 e. The van der Waals surface area contributed by atoms with E-state index in [2.05, 4.69) is 6.92 Å². The van der Waals surface area contributed by atoms with Crippen LogP contribution < -0.4 is 9.47 Å². The van der Waals surface area contributed by atoms with Crippen molar-refractivity contribution in [3.63, 3.8) is 0 Å². The van der Waals surface area contributed by atoms with Crippen molar-refractivity contribution in [2.75, 3.05) is 6.61 Å². The summed E-state index contributed by atoms with van der Waals surface area (Å²) in [6.45, 7) is 9.06. The lowest BCUT2D eigenvalue weighted by molar-refractivity contribution is 0.240. The van der Waals surface area contributed by atoms with Gasteiger partial charge in [0.2, 0.25) is 0 Å². The summed E-state index contributed by atoms with van der Waals surface area (Å²) >= 11 is 0. The highest BCUT2D eigenvalue weighted by molar-refractivity contribution is 5.39. The van der Waals surface area contributed by atoms with E-state index in [9.17, 15) is 0 Å². The first-order valence-corrected chi connectivity index (χ1v) is 6.03. The van der Waals surface area contributed by atoms with Gasteiger partial charge in [0.15, 0.2) is 0 Å². The Balaban J connectivity index is 2.60. The fourth-order valence-corrected chi connectivity index (χ4v) is 1.43. The van der Waals surface area contributed by atoms with Crippen molar-refractivity contribution >= 4 is 0 Å². The Kier molecular flexibility index (Phi) is 5.17. The first-order chi connectivity index (χ1) is 7.63. The summed E-state index contributed by atoms with van der Waals surface area (Å²) in [6.07, 6.45) is 2.47. The molecular weight excluding hydrogens is 200 g/mol. The molecule has 90 valence electrons. The Bertz CT molecular complexity index is 319. The monoisotopic (exact) mass is 222 g/mol. The van der Waals surface area contributed by atoms with Gasteiger partial charge in [-0.3, -0.25) is 0 Å². The molecule has 0 radical (unpaired) electrons. The molecule has 0 fully saturated rings. The lowest BCUT2D eigenvalue weighted by Crippen LogP contribution is -2.06. The van der Waals surface area contributed by atoms with Gasteiger partial charge in [0.25, 0.3) is 0 Å². The number of hydrogen-bond acceptors (Lipinski definition) is 2. The van der Waals surface area contributed by atoms with Crippen LogP contribution in [0.1, 0.15) is 39.2 Å². The molecule has 0 amide bonds. The number of benzene rings is 1. The van der Waals surface area contributed by atoms with Crippen LogP contribution in [0.2, 0.25) is 0 Å². The summed E-state index contributed by atoms with van der Waals surface area (Å²) in [7, 11) is 0. The minimum atomic E-state index is 0.213. The zero-order valence-corrected chi connectivity index (χ0v) is 10.7. The summed E-state index contributed by atoms with van der Waals surface area (Å²) in [4.78, 5) is 0. The fraction of sp³-hybridized carbons (Fsp3) is 0.571. The van der Waals surface area contributed by atoms with E-state index < -0.39 is 0 Å². The molecule has 0 aliphatic heterocycles. The molecule has 1 aromatic rings. The van der Waals surface area contributed by atoms with Gasteiger partial charge < -0.3 is 9.47 Å². The maximum Gasteiger partial charge on any atom is 0.122 e. The number of hydrogen-bond donors (Lipinski definition) is 0. The SMILES string of the molecule is CCCCOc1ccc(OC(C)C)c(C)c1. The predicted molar refractivity (Wildman–Crippen MR) is 67.3 cm³/mol. The second-order valence-corrected chi connectivity index (χ2v) is 4.30. The van der Waals surface area contributed by atoms with Crippen LogP contribution in [0.4, 0.5) is 0 Å². The molecule has 0 atom stereocenters. The quantitative estimate of drug-likeness (QED) is 0.678. The molecular formula is C14H22O2. The van der Waals surface area contributed by atoms with E-state index in [1.807, 2.05) is 39.0 Å². The third-order valence-electron chi connectivity index (χ3n) is 2.28. The van der Waals surface area contributed by atoms with Gasteiger partial charge in [-0.1, -0.05) is 13.3 Å². The van der Waals surface area contributed by atoms with Crippen molar-refractivity contribution in [3.8, 4) is 11.5 Å². The first-order valence-electron chi connectivity index (χ1n) is 6.03. The second kappa shape index (κ2) is 6.41. The van der Waals surface area contributed by atoms with Crippen LogP contribution in [0.25, 0.3) is 0 Å². The molecule has 2 heteroatoms. The minimum Gasteiger partial charge on any atom is -0.494 e. The molecule has 16 heavy (non-hydrogen) atoms. The van der Waals surface area contributed by atoms with Gasteiger partial charge in [-0.2, -0.15) is 0 Å². The number of aryl methyl sites for hydroxylation is 1. The van der Waals surface area contributed by atoms with Crippen LogP contribution >= 0.6 is 0 Å². The first kappa shape index (κ1) is 12.9. The number of unbranched alkanes of at least 4 members (excludes halogenated alkanes) is 1. The number of ether oxygens (including phenoxy) is 2. The van der Waals surface area contributed by atoms with E-state index in [0.29, 0.717) is 0 Å². The van der Waals surface area contributed by atoms with Gasteiger partial charge in [0, 0.05) is 0 Å². The molecule has 0 bridgehead atoms. The molecule has 0 spiro atoms. The topological polar surface area (TPSA) is 18.5 Å². The Hall–Kier alpha value is -1.18. The Labute approximate surface area is 98.6 Å². The fourth-order valence-electron chi connectivity index (χ4n) is 1.43. The van der Waals surface area contributed by atoms with Crippen molar-refractivity contribution < 1.29 is 9.47 Å². The molecule has 0 aliphatic rings. The lowest BCUT2D eigenvalue weighted by atomic mass is 10.2. The third kappa shape index (κ3) is 4.13. The van der Waals surface area contributed by atoms with Crippen molar-refractivity contribution in [1.82, 2.24) is 0 Å². The standard InChI is InChI=1S/C14H22O2/c1-5-6-9-15-13-7-8-14(12(4)10-13)16-11(2)3/h7-8,10-11H,5-6,9H2,1-4H3. The molecule has 0 saturated heterocycles. The van der Waals surface area contributed by atoms with Gasteiger partial charge in [0.1, 0.15) is 11.5 Å². The summed E-state index contributed by atoms with van der Waals surface area (Å²) < 4.78 is 11.3. The van der Waals surface area contributed by atoms with Gasteiger partial charge >= 0.3 is 0 Å². The largest absolute Gasteiger partial charge is 0.494 e. The van der Waals surface area contributed by atoms with Gasteiger partial charge in [-0.25, -0.2) is 0 Å². The van der Waals surface area contributed by atoms with E-state index in [1.165, 1.54) is 0 Å². The zero-order chi connectivity index (χ0) is 12.0. The summed E-state index contributed by atoms with van der Waals surface area (Å²) in [5, 5.41) is 0. The molecule has 2 nitrogen and oxygen atoms in total. The van der Waals surface area contributed by atoms with E-state index in [1.54, 1.807) is 0 Å². The van der Waals surface area contributed by atoms with E-state index >= 15 is 0 Å². The maximum absolute atomic E-state index is 5.67. The zero-order valence-electron chi connectivity index (χ0n) is 10.7. The summed E-state index contributed by atoms with van der Waals surface area (Å²) in [5.74, 6) is 1.87. The molecule has 0 saturated carbocycles. The normalized spacial score (nSPS) is 10.6. The lowest BCUT2D eigenvalue weighted by Gasteiger charge is -2.13. The average molecular weight is 222 g/mol. The average Bonchev–Trinajstić information content (AvgIpc) is 2.22. The van der Waals surface area contributed by atoms with Crippen LogP contribution in [-0.2, 0) is 0 Å². The molecule has 1 aromatic carbocycles. The van der Waals surface area contributed by atoms with Gasteiger partial charge in [-0.15, -0.1) is 0 Å². The summed E-state index contributed by atoms with van der Waals surface area (Å²) in [5.41, 5.74) is 1.13. The van der Waals surface area contributed by atoms with Crippen LogP contribution in [0.3, 0.4) is 0 Å². The Morgan fingerprint density at radius 2 is 2.00 bits per heavy atom. The highest BCUT2D eigenvalue weighted by Crippen LogP contribution is 2.24. The van der Waals surface area contributed by atoms with Crippen LogP contribution in [0.15, 0.2) is 18.2 Å². The van der Waals surface area contributed by atoms with Crippen molar-refractivity contribution in [2.45, 2.75) is 46.6 Å². The molecule has 0 aromatic heterocycles. The second-order valence-electron chi connectivity index (χ2n) is 4.30. The highest BCUT2D eigenvalue weighted by atomic mass is 16.5. The van der Waals surface area contributed by atoms with Crippen molar-refractivity contribution in [3.05, 3.63) is 23.8 Å². The minimum absolute atomic E-state index is 0.213. The predicted octanol–water partition coefficient (Wildman–Crippen LogP) is 3.96. The summed E-state index contributed by atoms with van der Waals surface area (Å²) in [6, 6.07) is 5.99. The van der Waals surface area contributed by atoms with E-state index in [-0.39, 0.29) is 6.10 Å². The van der Waals surface area contributed by atoms with Crippen molar-refractivity contribution in [2.24, 2.45) is 0 Å². The van der Waals surface area contributed by atoms with Crippen LogP contribution in [0, 0.1) is 6.92 Å². The Morgan fingerprint density at radius 3 is 2.56 bits per heavy atom. The van der Waals surface area contributed by atoms with Crippen LogP contribution in [-0.4, -0.2) is 12.7 Å². The highest BCUT2D eigenvalue weighted by Gasteiger charge is 2.03.